The van der Waals surface area contributed by atoms with Crippen molar-refractivity contribution in [2.75, 3.05) is 21.1 Å². The molecule has 0 aliphatic heterocycles. The van der Waals surface area contributed by atoms with E-state index in [4.69, 9.17) is 11.6 Å². The molecule has 0 saturated carbocycles. The first-order valence-corrected chi connectivity index (χ1v) is 3.37. The lowest BCUT2D eigenvalue weighted by molar-refractivity contribution is -0.882. The van der Waals surface area contributed by atoms with Gasteiger partial charge in [0.1, 0.15) is 0 Å². The van der Waals surface area contributed by atoms with Crippen molar-refractivity contribution in [3.8, 4) is 0 Å². The van der Waals surface area contributed by atoms with Crippen molar-refractivity contribution in [3.63, 3.8) is 0 Å². The van der Waals surface area contributed by atoms with Gasteiger partial charge in [-0.3, -0.25) is 0 Å². The molecule has 0 spiro atoms. The van der Waals surface area contributed by atoms with E-state index in [9.17, 15) is 0 Å². The van der Waals surface area contributed by atoms with Crippen LogP contribution in [0.3, 0.4) is 0 Å². The lowest BCUT2D eigenvalue weighted by Gasteiger charge is -2.28. The Morgan fingerprint density at radius 2 is 1.75 bits per heavy atom. The molecule has 2 heteroatoms. The second kappa shape index (κ2) is 2.70. The van der Waals surface area contributed by atoms with Gasteiger partial charge in [-0.2, -0.15) is 0 Å². The zero-order valence-electron chi connectivity index (χ0n) is 6.11. The molecular formula is C6H15ClN+. The molecule has 0 amide bonds. The molecule has 0 aromatic heterocycles. The Balaban J connectivity index is 3.62. The number of hydrogen-bond donors (Lipinski definition) is 0. The molecule has 0 N–H and O–H groups in total. The third kappa shape index (κ3) is 2.53. The monoisotopic (exact) mass is 136 g/mol. The Morgan fingerprint density at radius 3 is 1.75 bits per heavy atom. The molecular weight excluding hydrogens is 122 g/mol. The predicted octanol–water partition coefficient (Wildman–Crippen LogP) is 1.67. The predicted molar refractivity (Wildman–Crippen MR) is 38.0 cm³/mol. The molecule has 0 aromatic carbocycles. The summed E-state index contributed by atoms with van der Waals surface area (Å²) in [5.41, 5.74) is 0.259. The normalized spacial score (nSPS) is 16.1. The van der Waals surface area contributed by atoms with Gasteiger partial charge in [-0.05, 0) is 0 Å². The highest BCUT2D eigenvalue weighted by Gasteiger charge is 2.16. The second-order valence-electron chi connectivity index (χ2n) is 2.96. The first-order valence-electron chi connectivity index (χ1n) is 2.93. The van der Waals surface area contributed by atoms with Gasteiger partial charge in [0, 0.05) is 6.42 Å². The average Bonchev–Trinajstić information content (AvgIpc) is 1.62. The van der Waals surface area contributed by atoms with Crippen molar-refractivity contribution in [1.82, 2.24) is 0 Å². The first kappa shape index (κ1) is 8.25. The number of quaternary nitrogens is 1. The fourth-order valence-electron chi connectivity index (χ4n) is 0.548. The number of halogens is 1. The largest absolute Gasteiger partial charge is 0.316 e. The van der Waals surface area contributed by atoms with Gasteiger partial charge in [0.15, 0.2) is 5.50 Å². The Kier molecular flexibility index (Phi) is 2.78. The molecule has 0 aliphatic carbocycles. The molecule has 0 saturated heterocycles. The van der Waals surface area contributed by atoms with Crippen molar-refractivity contribution < 1.29 is 4.48 Å². The van der Waals surface area contributed by atoms with Crippen LogP contribution in [-0.4, -0.2) is 31.1 Å². The van der Waals surface area contributed by atoms with Crippen LogP contribution in [0, 0.1) is 0 Å². The number of nitrogens with zero attached hydrogens (tertiary/aromatic N) is 1. The highest BCUT2D eigenvalue weighted by atomic mass is 35.5. The highest BCUT2D eigenvalue weighted by Crippen LogP contribution is 2.10. The van der Waals surface area contributed by atoms with Gasteiger partial charge >= 0.3 is 0 Å². The van der Waals surface area contributed by atoms with Crippen LogP contribution >= 0.6 is 11.6 Å². The maximum atomic E-state index is 5.91. The molecule has 0 fully saturated rings. The van der Waals surface area contributed by atoms with E-state index in [-0.39, 0.29) is 5.50 Å². The van der Waals surface area contributed by atoms with E-state index in [1.807, 2.05) is 0 Å². The molecule has 0 heterocycles. The molecule has 8 heavy (non-hydrogen) atoms. The van der Waals surface area contributed by atoms with E-state index in [2.05, 4.69) is 28.1 Å². The minimum Gasteiger partial charge on any atom is -0.316 e. The van der Waals surface area contributed by atoms with Gasteiger partial charge in [0.05, 0.1) is 21.1 Å². The Hall–Kier alpha value is 0.250. The van der Waals surface area contributed by atoms with Crippen molar-refractivity contribution in [1.29, 1.82) is 0 Å². The van der Waals surface area contributed by atoms with Crippen LogP contribution in [0.4, 0.5) is 0 Å². The Morgan fingerprint density at radius 1 is 1.38 bits per heavy atom. The van der Waals surface area contributed by atoms with Crippen LogP contribution in [0.5, 0.6) is 0 Å². The zero-order chi connectivity index (χ0) is 6.78. The maximum Gasteiger partial charge on any atom is 0.164 e. The van der Waals surface area contributed by atoms with Crippen LogP contribution in [-0.2, 0) is 0 Å². The second-order valence-corrected chi connectivity index (χ2v) is 3.46. The van der Waals surface area contributed by atoms with Crippen molar-refractivity contribution >= 4 is 11.6 Å². The van der Waals surface area contributed by atoms with Crippen LogP contribution in [0.15, 0.2) is 0 Å². The molecule has 0 aliphatic rings. The average molecular weight is 137 g/mol. The van der Waals surface area contributed by atoms with Crippen LogP contribution in [0.25, 0.3) is 0 Å². The minimum atomic E-state index is 0.259. The van der Waals surface area contributed by atoms with Gasteiger partial charge in [-0.15, -0.1) is 0 Å². The summed E-state index contributed by atoms with van der Waals surface area (Å²) >= 11 is 5.91. The molecule has 0 bridgehead atoms. The van der Waals surface area contributed by atoms with E-state index < -0.39 is 0 Å². The molecule has 0 radical (unpaired) electrons. The van der Waals surface area contributed by atoms with E-state index >= 15 is 0 Å². The summed E-state index contributed by atoms with van der Waals surface area (Å²) in [5.74, 6) is 0. The number of rotatable bonds is 2. The SMILES string of the molecule is CCC(Cl)[N+](C)(C)C. The van der Waals surface area contributed by atoms with E-state index in [1.165, 1.54) is 0 Å². The molecule has 0 rings (SSSR count). The summed E-state index contributed by atoms with van der Waals surface area (Å²) in [6.07, 6.45) is 1.03. The number of hydrogen-bond acceptors (Lipinski definition) is 0. The Labute approximate surface area is 56.8 Å². The number of alkyl halides is 1. The fraction of sp³-hybridized carbons (Fsp3) is 1.00. The van der Waals surface area contributed by atoms with Gasteiger partial charge < -0.3 is 4.48 Å². The van der Waals surface area contributed by atoms with Crippen molar-refractivity contribution in [3.05, 3.63) is 0 Å². The lowest BCUT2D eigenvalue weighted by atomic mass is 10.4. The van der Waals surface area contributed by atoms with Gasteiger partial charge in [-0.25, -0.2) is 0 Å². The van der Waals surface area contributed by atoms with Crippen molar-refractivity contribution in [2.24, 2.45) is 0 Å². The molecule has 1 unspecified atom stereocenters. The summed E-state index contributed by atoms with van der Waals surface area (Å²) in [4.78, 5) is 0. The first-order chi connectivity index (χ1) is 3.48. The fourth-order valence-corrected chi connectivity index (χ4v) is 0.548. The standard InChI is InChI=1S/C6H15ClN/c1-5-6(7)8(2,3)4/h6H,5H2,1-4H3/q+1. The van der Waals surface area contributed by atoms with Gasteiger partial charge in [-0.1, -0.05) is 18.5 Å². The smallest absolute Gasteiger partial charge is 0.164 e. The maximum absolute atomic E-state index is 5.91. The van der Waals surface area contributed by atoms with Crippen LogP contribution < -0.4 is 0 Å². The summed E-state index contributed by atoms with van der Waals surface area (Å²) in [6.45, 7) is 2.10. The summed E-state index contributed by atoms with van der Waals surface area (Å²) < 4.78 is 0.845. The molecule has 50 valence electrons. The summed E-state index contributed by atoms with van der Waals surface area (Å²) in [7, 11) is 6.30. The third-order valence-electron chi connectivity index (χ3n) is 1.18. The van der Waals surface area contributed by atoms with E-state index in [0.29, 0.717) is 0 Å². The van der Waals surface area contributed by atoms with Crippen LogP contribution in [0.2, 0.25) is 0 Å². The molecule has 0 aromatic rings. The molecule has 1 atom stereocenters. The topological polar surface area (TPSA) is 0 Å². The van der Waals surface area contributed by atoms with Crippen molar-refractivity contribution in [2.45, 2.75) is 18.8 Å². The van der Waals surface area contributed by atoms with Crippen LogP contribution in [0.1, 0.15) is 13.3 Å². The minimum absolute atomic E-state index is 0.259. The Bertz CT molecular complexity index is 65.4. The quantitative estimate of drug-likeness (QED) is 0.308. The zero-order valence-corrected chi connectivity index (χ0v) is 6.87. The highest BCUT2D eigenvalue weighted by molar-refractivity contribution is 6.19. The molecule has 1 nitrogen and oxygen atoms in total. The van der Waals surface area contributed by atoms with Gasteiger partial charge in [0.25, 0.3) is 0 Å². The summed E-state index contributed by atoms with van der Waals surface area (Å²) in [6, 6.07) is 0. The van der Waals surface area contributed by atoms with E-state index in [0.717, 1.165) is 10.9 Å². The van der Waals surface area contributed by atoms with E-state index in [1.54, 1.807) is 0 Å². The lowest BCUT2D eigenvalue weighted by Crippen LogP contribution is -2.41. The summed E-state index contributed by atoms with van der Waals surface area (Å²) in [5, 5.41) is 0. The van der Waals surface area contributed by atoms with Gasteiger partial charge in [0.2, 0.25) is 0 Å². The third-order valence-corrected chi connectivity index (χ3v) is 2.07.